The third-order valence-corrected chi connectivity index (χ3v) is 6.25. The highest BCUT2D eigenvalue weighted by Crippen LogP contribution is 2.37. The molecular weight excluding hydrogens is 238 g/mol. The van der Waals surface area contributed by atoms with Crippen LogP contribution in [0.5, 0.6) is 0 Å². The van der Waals surface area contributed by atoms with Crippen LogP contribution < -0.4 is 0 Å². The van der Waals surface area contributed by atoms with Crippen molar-refractivity contribution < 1.29 is 4.79 Å². The highest BCUT2D eigenvalue weighted by atomic mass is 33.1. The van der Waals surface area contributed by atoms with Gasteiger partial charge in [-0.2, -0.15) is 0 Å². The van der Waals surface area contributed by atoms with Crippen LogP contribution in [0, 0.1) is 5.92 Å². The van der Waals surface area contributed by atoms with Crippen molar-refractivity contribution in [1.82, 2.24) is 4.90 Å². The summed E-state index contributed by atoms with van der Waals surface area (Å²) in [4.78, 5) is 13.5. The molecule has 0 aromatic rings. The van der Waals surface area contributed by atoms with Crippen LogP contribution in [0.2, 0.25) is 0 Å². The summed E-state index contributed by atoms with van der Waals surface area (Å²) < 4.78 is 0. The molecule has 2 atom stereocenters. The number of carbonyl (C=O) groups excluding carboxylic acids is 1. The van der Waals surface area contributed by atoms with Gasteiger partial charge in [0.2, 0.25) is 5.91 Å². The van der Waals surface area contributed by atoms with E-state index in [2.05, 4.69) is 24.8 Å². The van der Waals surface area contributed by atoms with Gasteiger partial charge in [0.15, 0.2) is 0 Å². The summed E-state index contributed by atoms with van der Waals surface area (Å²) in [6, 6.07) is 0. The molecule has 1 amide bonds. The number of thiol groups is 2. The summed E-state index contributed by atoms with van der Waals surface area (Å²) in [5.41, 5.74) is 0. The van der Waals surface area contributed by atoms with Crippen LogP contribution in [0.4, 0.5) is 0 Å². The van der Waals surface area contributed by atoms with Gasteiger partial charge in [-0.1, -0.05) is 13.8 Å². The van der Waals surface area contributed by atoms with E-state index in [0.29, 0.717) is 12.3 Å². The van der Waals surface area contributed by atoms with Crippen LogP contribution >= 0.6 is 21.6 Å². The summed E-state index contributed by atoms with van der Waals surface area (Å²) in [7, 11) is -0.0992. The zero-order valence-electron chi connectivity index (χ0n) is 10.6. The van der Waals surface area contributed by atoms with Gasteiger partial charge in [-0.3, -0.25) is 4.79 Å². The average molecular weight is 263 g/mol. The maximum Gasteiger partial charge on any atom is 0.222 e. The van der Waals surface area contributed by atoms with E-state index < -0.39 is 0 Å². The van der Waals surface area contributed by atoms with Crippen LogP contribution in [0.15, 0.2) is 0 Å². The van der Waals surface area contributed by atoms with Gasteiger partial charge in [0.05, 0.1) is 0 Å². The second kappa shape index (κ2) is 6.80. The first-order valence-electron chi connectivity index (χ1n) is 6.24. The van der Waals surface area contributed by atoms with E-state index in [-0.39, 0.29) is 9.93 Å². The third kappa shape index (κ3) is 4.21. The lowest BCUT2D eigenvalue weighted by molar-refractivity contribution is -0.132. The van der Waals surface area contributed by atoms with E-state index in [1.165, 1.54) is 19.3 Å². The Morgan fingerprint density at radius 3 is 2.50 bits per heavy atom. The van der Waals surface area contributed by atoms with Crippen molar-refractivity contribution >= 4 is 27.5 Å². The Morgan fingerprint density at radius 1 is 1.50 bits per heavy atom. The van der Waals surface area contributed by atoms with Crippen LogP contribution in [-0.4, -0.2) is 35.4 Å². The van der Waals surface area contributed by atoms with Gasteiger partial charge < -0.3 is 4.90 Å². The topological polar surface area (TPSA) is 20.3 Å². The molecule has 0 radical (unpaired) electrons. The number of likely N-dealkylation sites (tertiary alicyclic amines) is 1. The van der Waals surface area contributed by atoms with Gasteiger partial charge in [-0.25, -0.2) is 9.93 Å². The predicted molar refractivity (Wildman–Crippen MR) is 77.6 cm³/mol. The maximum atomic E-state index is 11.5. The van der Waals surface area contributed by atoms with Crippen molar-refractivity contribution in [3.8, 4) is 0 Å². The minimum absolute atomic E-state index is 0.0992. The first kappa shape index (κ1) is 14.2. The van der Waals surface area contributed by atoms with Crippen molar-refractivity contribution in [3.05, 3.63) is 0 Å². The molecule has 1 saturated heterocycles. The average Bonchev–Trinajstić information content (AvgIpc) is 2.28. The van der Waals surface area contributed by atoms with E-state index in [1.807, 2.05) is 11.8 Å². The Hall–Kier alpha value is 0.170. The molecule has 1 heterocycles. The third-order valence-electron chi connectivity index (χ3n) is 3.58. The highest BCUT2D eigenvalue weighted by Gasteiger charge is 2.23. The number of hydrogen-bond donors (Lipinski definition) is 2. The number of hydrogen-bond acceptors (Lipinski definition) is 2. The fourth-order valence-corrected chi connectivity index (χ4v) is 3.16. The van der Waals surface area contributed by atoms with E-state index in [1.54, 1.807) is 0 Å². The summed E-state index contributed by atoms with van der Waals surface area (Å²) in [5, 5.41) is 0.747. The molecular formula is C12H25NOS2. The van der Waals surface area contributed by atoms with Gasteiger partial charge >= 0.3 is 0 Å². The highest BCUT2D eigenvalue weighted by molar-refractivity contribution is 8.78. The van der Waals surface area contributed by atoms with Crippen LogP contribution in [0.3, 0.4) is 0 Å². The summed E-state index contributed by atoms with van der Waals surface area (Å²) in [6.07, 6.45) is 6.55. The second-order valence-corrected chi connectivity index (χ2v) is 8.76. The number of nitrogens with zero attached hydrogens (tertiary/aromatic N) is 1. The van der Waals surface area contributed by atoms with Crippen molar-refractivity contribution in [1.29, 1.82) is 0 Å². The van der Waals surface area contributed by atoms with Crippen LogP contribution in [0.25, 0.3) is 0 Å². The molecule has 1 rings (SSSR count). The SMILES string of the molecule is CCC(=O)N1CCC(CC(C)[SH](C)S)CC1. The summed E-state index contributed by atoms with van der Waals surface area (Å²) in [5.74, 6) is 1.13. The van der Waals surface area contributed by atoms with E-state index in [4.69, 9.17) is 0 Å². The molecule has 0 aromatic heterocycles. The van der Waals surface area contributed by atoms with Gasteiger partial charge in [0.25, 0.3) is 0 Å². The molecule has 0 saturated carbocycles. The van der Waals surface area contributed by atoms with Crippen LogP contribution in [-0.2, 0) is 4.79 Å². The minimum Gasteiger partial charge on any atom is -0.343 e. The smallest absolute Gasteiger partial charge is 0.222 e. The normalized spacial score (nSPS) is 23.0. The number of rotatable bonds is 4. The number of carbonyl (C=O) groups is 1. The lowest BCUT2D eigenvalue weighted by atomic mass is 9.92. The Labute approximate surface area is 107 Å². The molecule has 1 aliphatic heterocycles. The van der Waals surface area contributed by atoms with Gasteiger partial charge in [0.1, 0.15) is 0 Å². The Morgan fingerprint density at radius 2 is 2.06 bits per heavy atom. The first-order valence-corrected chi connectivity index (χ1v) is 9.25. The predicted octanol–water partition coefficient (Wildman–Crippen LogP) is 2.89. The lowest BCUT2D eigenvalue weighted by Gasteiger charge is -2.34. The van der Waals surface area contributed by atoms with Gasteiger partial charge in [-0.15, -0.1) is 11.7 Å². The monoisotopic (exact) mass is 263 g/mol. The number of piperidine rings is 1. The molecule has 0 bridgehead atoms. The summed E-state index contributed by atoms with van der Waals surface area (Å²) >= 11 is 4.56. The van der Waals surface area contributed by atoms with Crippen LogP contribution in [0.1, 0.15) is 39.5 Å². The standard InChI is InChI=1S/C12H25NOS2/c1-4-12(14)13-7-5-11(6-8-13)9-10(2)16(3)15/h10-11,15-16H,4-9H2,1-3H3. The molecule has 4 heteroatoms. The van der Waals surface area contributed by atoms with Crippen molar-refractivity contribution in [2.75, 3.05) is 19.3 Å². The van der Waals surface area contributed by atoms with E-state index >= 15 is 0 Å². The van der Waals surface area contributed by atoms with Gasteiger partial charge in [-0.05, 0) is 36.7 Å². The lowest BCUT2D eigenvalue weighted by Crippen LogP contribution is -2.38. The quantitative estimate of drug-likeness (QED) is 0.590. The molecule has 1 aliphatic rings. The molecule has 1 fully saturated rings. The summed E-state index contributed by atoms with van der Waals surface area (Å²) in [6.45, 7) is 6.19. The molecule has 2 nitrogen and oxygen atoms in total. The maximum absolute atomic E-state index is 11.5. The fraction of sp³-hybridized carbons (Fsp3) is 0.917. The first-order chi connectivity index (χ1) is 7.54. The molecule has 2 unspecified atom stereocenters. The second-order valence-electron chi connectivity index (χ2n) is 4.84. The Bertz CT molecular complexity index is 225. The Balaban J connectivity index is 2.29. The van der Waals surface area contributed by atoms with Crippen molar-refractivity contribution in [2.45, 2.75) is 44.8 Å². The van der Waals surface area contributed by atoms with Crippen molar-refractivity contribution in [2.24, 2.45) is 5.92 Å². The van der Waals surface area contributed by atoms with E-state index in [0.717, 1.165) is 24.3 Å². The van der Waals surface area contributed by atoms with Gasteiger partial charge in [0, 0.05) is 19.5 Å². The van der Waals surface area contributed by atoms with E-state index in [9.17, 15) is 4.79 Å². The molecule has 16 heavy (non-hydrogen) atoms. The zero-order chi connectivity index (χ0) is 12.1. The zero-order valence-corrected chi connectivity index (χ0v) is 12.4. The molecule has 0 N–H and O–H groups in total. The Kier molecular flexibility index (Phi) is 6.05. The molecule has 0 spiro atoms. The largest absolute Gasteiger partial charge is 0.343 e. The fourth-order valence-electron chi connectivity index (χ4n) is 2.28. The molecule has 0 aliphatic carbocycles. The minimum atomic E-state index is -0.0992. The molecule has 96 valence electrons. The molecule has 0 aromatic carbocycles. The number of amides is 1. The van der Waals surface area contributed by atoms with Crippen molar-refractivity contribution in [3.63, 3.8) is 0 Å².